The van der Waals surface area contributed by atoms with Gasteiger partial charge >= 0.3 is 0 Å². The molecule has 0 amide bonds. The molecular weight excluding hydrogens is 1740 g/mol. The van der Waals surface area contributed by atoms with E-state index in [2.05, 4.69) is 465 Å². The lowest BCUT2D eigenvalue weighted by Gasteiger charge is -2.25. The normalized spacial score (nSPS) is 13.1. The van der Waals surface area contributed by atoms with Gasteiger partial charge in [0.1, 0.15) is 44.7 Å². The maximum atomic E-state index is 6.26. The minimum atomic E-state index is -0.0906. The van der Waals surface area contributed by atoms with Crippen LogP contribution in [0.4, 0.5) is 0 Å². The van der Waals surface area contributed by atoms with Crippen LogP contribution in [0.1, 0.15) is 49.9 Å². The van der Waals surface area contributed by atoms with Crippen molar-refractivity contribution in [3.63, 3.8) is 0 Å². The number of benzene rings is 21. The first-order valence-corrected chi connectivity index (χ1v) is 49.3. The van der Waals surface area contributed by atoms with E-state index in [4.69, 9.17) is 17.7 Å². The molecule has 141 heavy (non-hydrogen) atoms. The van der Waals surface area contributed by atoms with Crippen molar-refractivity contribution >= 4 is 206 Å². The number of nitrogens with zero attached hydrogens (tertiary/aromatic N) is 4. The third-order valence-corrected chi connectivity index (χ3v) is 31.6. The van der Waals surface area contributed by atoms with Gasteiger partial charge < -0.3 is 35.9 Å². The Labute approximate surface area is 813 Å². The molecule has 0 unspecified atom stereocenters. The molecule has 30 aromatic rings. The topological polar surface area (TPSA) is 72.3 Å². The minimum absolute atomic E-state index is 0.0488. The lowest BCUT2D eigenvalue weighted by Crippen LogP contribution is -2.17. The largest absolute Gasteiger partial charge is 0.456 e. The predicted octanol–water partition coefficient (Wildman–Crippen LogP) is 37.0. The maximum absolute atomic E-state index is 6.26. The number of para-hydroxylation sites is 8. The van der Waals surface area contributed by atoms with Crippen LogP contribution in [0.3, 0.4) is 0 Å². The Kier molecular flexibility index (Phi) is 17.6. The molecule has 0 fully saturated rings. The van der Waals surface area contributed by atoms with Gasteiger partial charge in [-0.1, -0.05) is 337 Å². The van der Waals surface area contributed by atoms with E-state index in [1.165, 1.54) is 218 Å². The van der Waals surface area contributed by atoms with E-state index in [1.54, 1.807) is 0 Å². The molecule has 0 bridgehead atoms. The van der Waals surface area contributed by atoms with Crippen molar-refractivity contribution in [3.8, 4) is 67.3 Å². The zero-order valence-corrected chi connectivity index (χ0v) is 78.4. The number of rotatable bonds is 6. The Hall–Kier alpha value is -17.8. The van der Waals surface area contributed by atoms with Gasteiger partial charge in [-0.15, -0.1) is 11.3 Å². The molecule has 0 N–H and O–H groups in total. The molecule has 0 saturated carbocycles. The van der Waals surface area contributed by atoms with Crippen LogP contribution in [0.2, 0.25) is 0 Å². The summed E-state index contributed by atoms with van der Waals surface area (Å²) in [6.45, 7) is 9.43. The van der Waals surface area contributed by atoms with Crippen molar-refractivity contribution in [2.75, 3.05) is 0 Å². The highest BCUT2D eigenvalue weighted by molar-refractivity contribution is 7.26. The molecule has 0 radical (unpaired) electrons. The third-order valence-electron chi connectivity index (χ3n) is 30.4. The third kappa shape index (κ3) is 11.9. The lowest BCUT2D eigenvalue weighted by atomic mass is 9.79. The Morgan fingerprint density at radius 3 is 0.943 bits per heavy atom. The van der Waals surface area contributed by atoms with Gasteiger partial charge in [-0.25, -0.2) is 0 Å². The summed E-state index contributed by atoms with van der Waals surface area (Å²) < 4.78 is 37.2. The SMILES string of the molecule is CC1(C)c2ccccc2-c2cccc(-c3ccc(-n4c5ccccc5c5c6c(ccc54)oc4ccccc46)cc3)c21.CC1(C)c2ccccc2-c2cccc(-n3c4ccccc4c4c5c(ccc43)oc3ccccc35)c21.c1ccc(-c2ccc(-n3c4ccccc4c4c5c(ccc43)oc3ccccc35)cc2)cc1.c1ccc2c(c1)oc1ccc3c(c4ccccc4n3-c3cccc4c3sc3ccccc34)c12. The van der Waals surface area contributed by atoms with Gasteiger partial charge in [0.15, 0.2) is 0 Å². The number of fused-ring (bicyclic) bond motifs is 37. The number of hydrogen-bond donors (Lipinski definition) is 0. The van der Waals surface area contributed by atoms with Crippen LogP contribution in [-0.2, 0) is 10.8 Å². The second-order valence-corrected chi connectivity index (χ2v) is 39.7. The Bertz CT molecular complexity index is 10500. The fourth-order valence-electron chi connectivity index (χ4n) is 24.4. The second kappa shape index (κ2) is 30.9. The number of aromatic nitrogens is 4. The summed E-state index contributed by atoms with van der Waals surface area (Å²) in [5, 5.41) is 22.1. The first kappa shape index (κ1) is 80.5. The van der Waals surface area contributed by atoms with Crippen molar-refractivity contribution in [2.45, 2.75) is 38.5 Å². The number of furan rings is 4. The Morgan fingerprint density at radius 1 is 0.184 bits per heavy atom. The van der Waals surface area contributed by atoms with E-state index in [0.29, 0.717) is 0 Å². The minimum Gasteiger partial charge on any atom is -0.456 e. The van der Waals surface area contributed by atoms with Gasteiger partial charge in [0.2, 0.25) is 0 Å². The molecule has 2 aliphatic carbocycles. The van der Waals surface area contributed by atoms with Crippen LogP contribution in [0.15, 0.2) is 467 Å². The highest BCUT2D eigenvalue weighted by Crippen LogP contribution is 2.56. The molecule has 8 nitrogen and oxygen atoms in total. The average Bonchev–Trinajstić information content (AvgIpc) is 1.54. The lowest BCUT2D eigenvalue weighted by molar-refractivity contribution is 0.656. The fourth-order valence-corrected chi connectivity index (χ4v) is 25.6. The molecule has 0 aliphatic heterocycles. The van der Waals surface area contributed by atoms with Crippen LogP contribution in [-0.4, -0.2) is 18.3 Å². The monoisotopic (exact) mass is 1820 g/mol. The summed E-state index contributed by atoms with van der Waals surface area (Å²) in [6.07, 6.45) is 0. The standard InChI is InChI=1S/C39H27NO.C33H23NO.C30H17NOS.C30H19NO/c1-39(2)31-15-6-3-10-27(31)28-14-9-13-26(38(28)39)24-18-20-25(21-19-24)40-32-16-7-4-11-29(32)36-33(40)22-23-35-37(36)30-12-5-8-17-34(30)41-35;1-33(2)24-14-6-3-10-20(24)21-13-9-16-27(32(21)33)34-25-15-7-4-11-22(25)30-26(34)18-19-29-31(30)23-12-5-8-17-28(23)35-29;1-4-12-22-20(9-1)28-23(16-17-26-29(28)21-10-2-5-14-25(21)32-26)31(22)24-13-7-11-19-18-8-3-6-15-27(18)33-30(19)24;1-2-8-20(9-3-1)21-14-16-22(17-15-21)31-25-12-6-4-10-23(25)29-26(31)18-19-28-30(29)24-11-5-7-13-27(24)32-28/h3-23H,1-2H3;3-19H,1-2H3;1-17H;1-19H. The molecule has 32 rings (SSSR count). The van der Waals surface area contributed by atoms with E-state index >= 15 is 0 Å². The van der Waals surface area contributed by atoms with Crippen LogP contribution in [0.25, 0.3) is 262 Å². The van der Waals surface area contributed by atoms with Crippen LogP contribution in [0, 0.1) is 0 Å². The van der Waals surface area contributed by atoms with E-state index in [9.17, 15) is 0 Å². The van der Waals surface area contributed by atoms with E-state index < -0.39 is 0 Å². The average molecular weight is 1820 g/mol. The van der Waals surface area contributed by atoms with E-state index in [0.717, 1.165) is 66.8 Å². The summed E-state index contributed by atoms with van der Waals surface area (Å²) in [5.41, 5.74) is 37.8. The molecule has 21 aromatic carbocycles. The summed E-state index contributed by atoms with van der Waals surface area (Å²) in [5.74, 6) is 0. The molecule has 664 valence electrons. The second-order valence-electron chi connectivity index (χ2n) is 38.6. The highest BCUT2D eigenvalue weighted by Gasteiger charge is 2.40. The van der Waals surface area contributed by atoms with Crippen LogP contribution in [0.5, 0.6) is 0 Å². The first-order chi connectivity index (χ1) is 69.5. The first-order valence-electron chi connectivity index (χ1n) is 48.5. The quantitative estimate of drug-likeness (QED) is 0.166. The van der Waals surface area contributed by atoms with Crippen molar-refractivity contribution in [1.82, 2.24) is 18.3 Å². The zero-order chi connectivity index (χ0) is 93.2. The Balaban J connectivity index is 0.0000000904. The molecule has 2 aliphatic rings. The van der Waals surface area contributed by atoms with E-state index in [1.807, 2.05) is 41.7 Å². The maximum Gasteiger partial charge on any atom is 0.136 e. The smallest absolute Gasteiger partial charge is 0.136 e. The molecule has 0 atom stereocenters. The van der Waals surface area contributed by atoms with Gasteiger partial charge in [-0.05, 0) is 206 Å². The number of thiophene rings is 1. The number of hydrogen-bond acceptors (Lipinski definition) is 5. The van der Waals surface area contributed by atoms with Crippen molar-refractivity contribution < 1.29 is 17.7 Å². The molecule has 9 aromatic heterocycles. The molecule has 9 heteroatoms. The van der Waals surface area contributed by atoms with Crippen molar-refractivity contribution in [2.24, 2.45) is 0 Å². The van der Waals surface area contributed by atoms with Crippen LogP contribution >= 0.6 is 11.3 Å². The van der Waals surface area contributed by atoms with Gasteiger partial charge in [0, 0.05) is 124 Å². The van der Waals surface area contributed by atoms with Crippen LogP contribution < -0.4 is 0 Å². The van der Waals surface area contributed by atoms with Gasteiger partial charge in [0.05, 0.1) is 60.2 Å². The fraction of sp³-hybridized carbons (Fsp3) is 0.0455. The summed E-state index contributed by atoms with van der Waals surface area (Å²) >= 11 is 1.87. The van der Waals surface area contributed by atoms with Gasteiger partial charge in [-0.3, -0.25) is 0 Å². The Morgan fingerprint density at radius 2 is 0.489 bits per heavy atom. The molecule has 0 saturated heterocycles. The van der Waals surface area contributed by atoms with Crippen molar-refractivity contribution in [3.05, 3.63) is 471 Å². The molecular formula is C132H86N4O4S. The van der Waals surface area contributed by atoms with Gasteiger partial charge in [-0.2, -0.15) is 0 Å². The zero-order valence-electron chi connectivity index (χ0n) is 77.6. The summed E-state index contributed by atoms with van der Waals surface area (Å²) in [7, 11) is 0. The highest BCUT2D eigenvalue weighted by atomic mass is 32.1. The predicted molar refractivity (Wildman–Crippen MR) is 591 cm³/mol. The molecule has 9 heterocycles. The van der Waals surface area contributed by atoms with Crippen molar-refractivity contribution in [1.29, 1.82) is 0 Å². The van der Waals surface area contributed by atoms with E-state index in [-0.39, 0.29) is 10.8 Å². The summed E-state index contributed by atoms with van der Waals surface area (Å²) in [6, 6.07) is 161. The summed E-state index contributed by atoms with van der Waals surface area (Å²) in [4.78, 5) is 0. The van der Waals surface area contributed by atoms with Gasteiger partial charge in [0.25, 0.3) is 0 Å². The molecule has 0 spiro atoms.